The molecule has 7 nitrogen and oxygen atoms in total. The number of anilines is 2. The molecular weight excluding hydrogens is 416 g/mol. The van der Waals surface area contributed by atoms with Crippen molar-refractivity contribution in [3.05, 3.63) is 76.5 Å². The smallest absolute Gasteiger partial charge is 0.343 e. The second-order valence-corrected chi connectivity index (χ2v) is 7.46. The quantitative estimate of drug-likeness (QED) is 0.441. The molecule has 3 aromatic rings. The summed E-state index contributed by atoms with van der Waals surface area (Å²) in [7, 11) is 2.90. The lowest BCUT2D eigenvalue weighted by molar-refractivity contribution is -0.121. The molecule has 1 fully saturated rings. The number of rotatable bonds is 5. The molecule has 0 aliphatic carbocycles. The van der Waals surface area contributed by atoms with E-state index in [0.717, 1.165) is 9.80 Å². The highest BCUT2D eigenvalue weighted by Gasteiger charge is 2.45. The van der Waals surface area contributed by atoms with E-state index in [2.05, 4.69) is 0 Å². The van der Waals surface area contributed by atoms with Gasteiger partial charge in [-0.15, -0.1) is 11.3 Å². The van der Waals surface area contributed by atoms with Gasteiger partial charge >= 0.3 is 6.03 Å². The number of hydrogen-bond donors (Lipinski definition) is 0. The minimum atomic E-state index is -0.813. The van der Waals surface area contributed by atoms with Crippen molar-refractivity contribution in [1.82, 2.24) is 0 Å². The number of ether oxygens (including phenoxy) is 2. The first kappa shape index (κ1) is 20.4. The van der Waals surface area contributed by atoms with E-state index in [4.69, 9.17) is 9.47 Å². The second-order valence-electron chi connectivity index (χ2n) is 6.48. The first-order chi connectivity index (χ1) is 15.1. The lowest BCUT2D eigenvalue weighted by Crippen LogP contribution is -2.57. The minimum Gasteiger partial charge on any atom is -0.495 e. The number of amides is 4. The number of benzene rings is 2. The summed E-state index contributed by atoms with van der Waals surface area (Å²) < 4.78 is 10.7. The molecule has 0 radical (unpaired) electrons. The zero-order valence-electron chi connectivity index (χ0n) is 16.8. The Kier molecular flexibility index (Phi) is 5.55. The summed E-state index contributed by atoms with van der Waals surface area (Å²) in [6.45, 7) is 0. The standard InChI is InChI=1S/C23H18N2O5S/c1-29-19-11-5-3-9-17(19)24-21(26)16(14-15-8-7-13-31-15)22(27)25(23(24)28)18-10-4-6-12-20(18)30-2/h3-14H,1-2H3. The highest BCUT2D eigenvalue weighted by molar-refractivity contribution is 7.10. The fourth-order valence-electron chi connectivity index (χ4n) is 3.30. The van der Waals surface area contributed by atoms with Crippen LogP contribution in [0.4, 0.5) is 16.2 Å². The Labute approximate surface area is 182 Å². The maximum absolute atomic E-state index is 13.5. The van der Waals surface area contributed by atoms with Gasteiger partial charge in [-0.2, -0.15) is 0 Å². The number of nitrogens with zero attached hydrogens (tertiary/aromatic N) is 2. The van der Waals surface area contributed by atoms with Crippen LogP contribution in [0.25, 0.3) is 6.08 Å². The van der Waals surface area contributed by atoms with Crippen LogP contribution in [0.1, 0.15) is 4.88 Å². The largest absolute Gasteiger partial charge is 0.495 e. The second kappa shape index (κ2) is 8.45. The highest BCUT2D eigenvalue weighted by atomic mass is 32.1. The van der Waals surface area contributed by atoms with Crippen LogP contribution in [0, 0.1) is 0 Å². The summed E-state index contributed by atoms with van der Waals surface area (Å²) in [5.41, 5.74) is 0.341. The summed E-state index contributed by atoms with van der Waals surface area (Å²) >= 11 is 1.38. The fraction of sp³-hybridized carbons (Fsp3) is 0.0870. The van der Waals surface area contributed by atoms with Gasteiger partial charge in [0.2, 0.25) is 0 Å². The SMILES string of the molecule is COc1ccccc1N1C(=O)C(=Cc2cccs2)C(=O)N(c2ccccc2OC)C1=O. The number of para-hydroxylation sites is 4. The summed E-state index contributed by atoms with van der Waals surface area (Å²) in [5, 5.41) is 1.84. The van der Waals surface area contributed by atoms with Crippen molar-refractivity contribution < 1.29 is 23.9 Å². The Morgan fingerprint density at radius 2 is 1.26 bits per heavy atom. The lowest BCUT2D eigenvalue weighted by Gasteiger charge is -2.34. The third-order valence-corrected chi connectivity index (χ3v) is 5.55. The summed E-state index contributed by atoms with van der Waals surface area (Å²) in [5.74, 6) is -0.791. The molecule has 0 spiro atoms. The molecule has 4 rings (SSSR count). The van der Waals surface area contributed by atoms with Crippen LogP contribution in [0.3, 0.4) is 0 Å². The first-order valence-electron chi connectivity index (χ1n) is 9.31. The van der Waals surface area contributed by atoms with Crippen LogP contribution in [0.15, 0.2) is 71.6 Å². The van der Waals surface area contributed by atoms with Crippen LogP contribution >= 0.6 is 11.3 Å². The van der Waals surface area contributed by atoms with Crippen molar-refractivity contribution in [3.63, 3.8) is 0 Å². The molecule has 2 heterocycles. The minimum absolute atomic E-state index is 0.140. The zero-order chi connectivity index (χ0) is 22.0. The van der Waals surface area contributed by atoms with Crippen molar-refractivity contribution in [2.24, 2.45) is 0 Å². The van der Waals surface area contributed by atoms with E-state index >= 15 is 0 Å². The molecule has 1 aliphatic rings. The Morgan fingerprint density at radius 1 is 0.742 bits per heavy atom. The van der Waals surface area contributed by atoms with Gasteiger partial charge in [-0.3, -0.25) is 9.59 Å². The number of urea groups is 1. The van der Waals surface area contributed by atoms with E-state index in [-0.39, 0.29) is 16.9 Å². The van der Waals surface area contributed by atoms with E-state index in [1.807, 2.05) is 11.4 Å². The van der Waals surface area contributed by atoms with Crippen molar-refractivity contribution in [2.45, 2.75) is 0 Å². The molecular formula is C23H18N2O5S. The van der Waals surface area contributed by atoms with Crippen LogP contribution in [-0.2, 0) is 9.59 Å². The summed E-state index contributed by atoms with van der Waals surface area (Å²) in [6.07, 6.45) is 1.49. The lowest BCUT2D eigenvalue weighted by atomic mass is 10.1. The molecule has 0 bridgehead atoms. The average Bonchev–Trinajstić information content (AvgIpc) is 3.31. The zero-order valence-corrected chi connectivity index (χ0v) is 17.6. The van der Waals surface area contributed by atoms with Gasteiger partial charge in [0, 0.05) is 4.88 Å². The third kappa shape index (κ3) is 3.57. The summed E-state index contributed by atoms with van der Waals surface area (Å²) in [6, 6.07) is 16.1. The first-order valence-corrected chi connectivity index (χ1v) is 10.2. The van der Waals surface area contributed by atoms with Gasteiger partial charge in [-0.1, -0.05) is 30.3 Å². The van der Waals surface area contributed by atoms with E-state index in [0.29, 0.717) is 16.4 Å². The molecule has 156 valence electrons. The van der Waals surface area contributed by atoms with Gasteiger partial charge < -0.3 is 9.47 Å². The monoisotopic (exact) mass is 434 g/mol. The number of barbiturate groups is 1. The molecule has 0 N–H and O–H groups in total. The topological polar surface area (TPSA) is 76.2 Å². The van der Waals surface area contributed by atoms with Gasteiger partial charge in [-0.25, -0.2) is 14.6 Å². The van der Waals surface area contributed by atoms with Crippen molar-refractivity contribution >= 4 is 46.6 Å². The predicted octanol–water partition coefficient (Wildman–Crippen LogP) is 4.35. The van der Waals surface area contributed by atoms with E-state index in [9.17, 15) is 14.4 Å². The van der Waals surface area contributed by atoms with E-state index in [1.54, 1.807) is 54.6 Å². The van der Waals surface area contributed by atoms with Crippen molar-refractivity contribution in [1.29, 1.82) is 0 Å². The predicted molar refractivity (Wildman–Crippen MR) is 119 cm³/mol. The molecule has 4 amide bonds. The van der Waals surface area contributed by atoms with Gasteiger partial charge in [-0.05, 0) is 41.8 Å². The average molecular weight is 434 g/mol. The van der Waals surface area contributed by atoms with Crippen LogP contribution in [0.5, 0.6) is 11.5 Å². The van der Waals surface area contributed by atoms with Crippen LogP contribution < -0.4 is 19.3 Å². The molecule has 31 heavy (non-hydrogen) atoms. The van der Waals surface area contributed by atoms with Crippen molar-refractivity contribution in [3.8, 4) is 11.5 Å². The molecule has 1 aliphatic heterocycles. The normalized spacial score (nSPS) is 14.1. The number of carbonyl (C=O) groups is 3. The number of carbonyl (C=O) groups excluding carboxylic acids is 3. The highest BCUT2D eigenvalue weighted by Crippen LogP contribution is 2.37. The van der Waals surface area contributed by atoms with Gasteiger partial charge in [0.05, 0.1) is 25.6 Å². The number of hydrogen-bond acceptors (Lipinski definition) is 6. The third-order valence-electron chi connectivity index (χ3n) is 4.73. The maximum atomic E-state index is 13.5. The Balaban J connectivity index is 1.93. The van der Waals surface area contributed by atoms with Gasteiger partial charge in [0.25, 0.3) is 11.8 Å². The fourth-order valence-corrected chi connectivity index (χ4v) is 3.96. The molecule has 0 atom stereocenters. The van der Waals surface area contributed by atoms with E-state index in [1.165, 1.54) is 31.6 Å². The number of methoxy groups -OCH3 is 2. The number of thiophene rings is 1. The molecule has 2 aromatic carbocycles. The Hall–Kier alpha value is -3.91. The Morgan fingerprint density at radius 3 is 1.71 bits per heavy atom. The van der Waals surface area contributed by atoms with E-state index < -0.39 is 17.8 Å². The number of imide groups is 2. The summed E-state index contributed by atoms with van der Waals surface area (Å²) in [4.78, 5) is 42.9. The Bertz CT molecular complexity index is 1110. The van der Waals surface area contributed by atoms with Gasteiger partial charge in [0.15, 0.2) is 0 Å². The molecule has 0 saturated carbocycles. The van der Waals surface area contributed by atoms with Crippen LogP contribution in [-0.4, -0.2) is 32.1 Å². The molecule has 8 heteroatoms. The molecule has 0 unspecified atom stereocenters. The van der Waals surface area contributed by atoms with Crippen molar-refractivity contribution in [2.75, 3.05) is 24.0 Å². The maximum Gasteiger partial charge on any atom is 0.343 e. The molecule has 1 saturated heterocycles. The van der Waals surface area contributed by atoms with Crippen LogP contribution in [0.2, 0.25) is 0 Å². The molecule has 1 aromatic heterocycles. The van der Waals surface area contributed by atoms with Gasteiger partial charge in [0.1, 0.15) is 17.1 Å².